The fourth-order valence-corrected chi connectivity index (χ4v) is 1.59. The molecule has 10 heavy (non-hydrogen) atoms. The molecule has 1 nitrogen and oxygen atoms in total. The zero-order valence-corrected chi connectivity index (χ0v) is 7.54. The Bertz CT molecular complexity index is 160. The van der Waals surface area contributed by atoms with Crippen molar-refractivity contribution in [3.05, 3.63) is 22.4 Å². The molecule has 0 aromatic carbocycles. The van der Waals surface area contributed by atoms with Crippen molar-refractivity contribution in [1.29, 1.82) is 0 Å². The summed E-state index contributed by atoms with van der Waals surface area (Å²) in [5, 5.41) is 2.08. The van der Waals surface area contributed by atoms with E-state index in [9.17, 15) is 0 Å². The third-order valence-corrected chi connectivity index (χ3v) is 2.00. The van der Waals surface area contributed by atoms with Gasteiger partial charge in [0.2, 0.25) is 0 Å². The van der Waals surface area contributed by atoms with Gasteiger partial charge in [-0.1, -0.05) is 6.07 Å². The highest BCUT2D eigenvalue weighted by Gasteiger charge is 1.96. The lowest BCUT2D eigenvalue weighted by atomic mass is 10.2. The van der Waals surface area contributed by atoms with Crippen molar-refractivity contribution in [2.75, 3.05) is 0 Å². The first-order chi connectivity index (χ1) is 4.29. The highest BCUT2D eigenvalue weighted by Crippen LogP contribution is 2.09. The SMILES string of the molecule is CC(N)Cc1cccs1.Cl. The van der Waals surface area contributed by atoms with Crippen LogP contribution in [0.15, 0.2) is 17.5 Å². The van der Waals surface area contributed by atoms with Crippen LogP contribution in [0.2, 0.25) is 0 Å². The zero-order valence-electron chi connectivity index (χ0n) is 5.91. The highest BCUT2D eigenvalue weighted by molar-refractivity contribution is 7.09. The van der Waals surface area contributed by atoms with Gasteiger partial charge in [-0.2, -0.15) is 0 Å². The summed E-state index contributed by atoms with van der Waals surface area (Å²) in [7, 11) is 0. The predicted octanol–water partition coefficient (Wildman–Crippen LogP) is 2.06. The Hall–Kier alpha value is -0.0500. The van der Waals surface area contributed by atoms with E-state index in [1.165, 1.54) is 4.88 Å². The van der Waals surface area contributed by atoms with Crippen LogP contribution in [0.3, 0.4) is 0 Å². The van der Waals surface area contributed by atoms with Crippen molar-refractivity contribution >= 4 is 23.7 Å². The van der Waals surface area contributed by atoms with Crippen molar-refractivity contribution in [3.8, 4) is 0 Å². The number of nitrogens with two attached hydrogens (primary N) is 1. The normalized spacial score (nSPS) is 12.2. The van der Waals surface area contributed by atoms with Gasteiger partial charge in [0.1, 0.15) is 0 Å². The average Bonchev–Trinajstić information content (AvgIpc) is 2.15. The molecular weight excluding hydrogens is 166 g/mol. The van der Waals surface area contributed by atoms with Crippen molar-refractivity contribution in [2.24, 2.45) is 5.73 Å². The van der Waals surface area contributed by atoms with Crippen LogP contribution >= 0.6 is 23.7 Å². The van der Waals surface area contributed by atoms with Gasteiger partial charge in [0, 0.05) is 10.9 Å². The third kappa shape index (κ3) is 3.20. The Morgan fingerprint density at radius 3 is 2.80 bits per heavy atom. The van der Waals surface area contributed by atoms with Gasteiger partial charge in [0.05, 0.1) is 0 Å². The molecular formula is C7H12ClNS. The summed E-state index contributed by atoms with van der Waals surface area (Å²) >= 11 is 1.77. The molecule has 58 valence electrons. The molecule has 0 saturated carbocycles. The minimum Gasteiger partial charge on any atom is -0.328 e. The minimum absolute atomic E-state index is 0. The van der Waals surface area contributed by atoms with Gasteiger partial charge < -0.3 is 5.73 Å². The lowest BCUT2D eigenvalue weighted by molar-refractivity contribution is 0.746. The molecule has 1 aromatic rings. The van der Waals surface area contributed by atoms with E-state index in [0.29, 0.717) is 6.04 Å². The molecule has 0 saturated heterocycles. The van der Waals surface area contributed by atoms with Crippen LogP contribution in [0.25, 0.3) is 0 Å². The molecule has 0 bridgehead atoms. The van der Waals surface area contributed by atoms with E-state index in [0.717, 1.165) is 6.42 Å². The molecule has 1 atom stereocenters. The van der Waals surface area contributed by atoms with Crippen LogP contribution in [0, 0.1) is 0 Å². The van der Waals surface area contributed by atoms with E-state index in [1.54, 1.807) is 11.3 Å². The van der Waals surface area contributed by atoms with E-state index >= 15 is 0 Å². The minimum atomic E-state index is 0. The Morgan fingerprint density at radius 2 is 2.40 bits per heavy atom. The molecule has 1 unspecified atom stereocenters. The molecule has 0 radical (unpaired) electrons. The first kappa shape index (κ1) is 9.95. The Balaban J connectivity index is 0.000000810. The Morgan fingerprint density at radius 1 is 1.70 bits per heavy atom. The smallest absolute Gasteiger partial charge is 0.00605 e. The molecule has 3 heteroatoms. The molecule has 0 aliphatic carbocycles. The molecule has 1 heterocycles. The molecule has 0 fully saturated rings. The second-order valence-electron chi connectivity index (χ2n) is 2.26. The highest BCUT2D eigenvalue weighted by atomic mass is 35.5. The first-order valence-corrected chi connectivity index (χ1v) is 3.95. The second-order valence-corrected chi connectivity index (χ2v) is 3.29. The summed E-state index contributed by atoms with van der Waals surface area (Å²) in [6.45, 7) is 2.03. The number of hydrogen-bond acceptors (Lipinski definition) is 2. The second kappa shape index (κ2) is 4.72. The van der Waals surface area contributed by atoms with Crippen molar-refractivity contribution in [2.45, 2.75) is 19.4 Å². The Labute approximate surface area is 71.7 Å². The Kier molecular flexibility index (Phi) is 4.69. The molecule has 0 aliphatic rings. The van der Waals surface area contributed by atoms with E-state index in [2.05, 4.69) is 17.5 Å². The van der Waals surface area contributed by atoms with Crippen LogP contribution in [0.5, 0.6) is 0 Å². The molecule has 2 N–H and O–H groups in total. The molecule has 1 aromatic heterocycles. The maximum atomic E-state index is 5.59. The van der Waals surface area contributed by atoms with Gasteiger partial charge in [-0.05, 0) is 24.8 Å². The van der Waals surface area contributed by atoms with Crippen LogP contribution in [-0.4, -0.2) is 6.04 Å². The molecule has 0 aliphatic heterocycles. The van der Waals surface area contributed by atoms with E-state index < -0.39 is 0 Å². The maximum absolute atomic E-state index is 5.59. The lowest BCUT2D eigenvalue weighted by Gasteiger charge is -1.99. The monoisotopic (exact) mass is 177 g/mol. The first-order valence-electron chi connectivity index (χ1n) is 3.07. The lowest BCUT2D eigenvalue weighted by Crippen LogP contribution is -2.16. The molecule has 1 rings (SSSR count). The van der Waals surface area contributed by atoms with Crippen molar-refractivity contribution in [3.63, 3.8) is 0 Å². The topological polar surface area (TPSA) is 26.0 Å². The van der Waals surface area contributed by atoms with Crippen LogP contribution in [-0.2, 0) is 6.42 Å². The van der Waals surface area contributed by atoms with Crippen LogP contribution in [0.4, 0.5) is 0 Å². The van der Waals surface area contributed by atoms with E-state index in [4.69, 9.17) is 5.73 Å². The summed E-state index contributed by atoms with van der Waals surface area (Å²) in [5.41, 5.74) is 5.59. The largest absolute Gasteiger partial charge is 0.328 e. The number of hydrogen-bond donors (Lipinski definition) is 1. The summed E-state index contributed by atoms with van der Waals surface area (Å²) in [5.74, 6) is 0. The van der Waals surface area contributed by atoms with Crippen LogP contribution < -0.4 is 5.73 Å². The summed E-state index contributed by atoms with van der Waals surface area (Å²) in [6, 6.07) is 4.47. The van der Waals surface area contributed by atoms with Gasteiger partial charge in [-0.25, -0.2) is 0 Å². The fourth-order valence-electron chi connectivity index (χ4n) is 0.746. The van der Waals surface area contributed by atoms with Gasteiger partial charge >= 0.3 is 0 Å². The number of halogens is 1. The third-order valence-electron chi connectivity index (χ3n) is 1.10. The number of thiophene rings is 1. The van der Waals surface area contributed by atoms with Gasteiger partial charge in [-0.3, -0.25) is 0 Å². The molecule has 0 amide bonds. The fraction of sp³-hybridized carbons (Fsp3) is 0.429. The van der Waals surface area contributed by atoms with Gasteiger partial charge in [0.15, 0.2) is 0 Å². The van der Waals surface area contributed by atoms with E-state index in [-0.39, 0.29) is 12.4 Å². The average molecular weight is 178 g/mol. The van der Waals surface area contributed by atoms with Crippen molar-refractivity contribution in [1.82, 2.24) is 0 Å². The maximum Gasteiger partial charge on any atom is 0.00605 e. The van der Waals surface area contributed by atoms with Gasteiger partial charge in [0.25, 0.3) is 0 Å². The van der Waals surface area contributed by atoms with Crippen LogP contribution in [0.1, 0.15) is 11.8 Å². The quantitative estimate of drug-likeness (QED) is 0.736. The predicted molar refractivity (Wildman–Crippen MR) is 48.9 cm³/mol. The zero-order chi connectivity index (χ0) is 6.69. The summed E-state index contributed by atoms with van der Waals surface area (Å²) in [6.07, 6.45) is 1.01. The summed E-state index contributed by atoms with van der Waals surface area (Å²) < 4.78 is 0. The van der Waals surface area contributed by atoms with E-state index in [1.807, 2.05) is 6.92 Å². The number of rotatable bonds is 2. The summed E-state index contributed by atoms with van der Waals surface area (Å²) in [4.78, 5) is 1.38. The standard InChI is InChI=1S/C7H11NS.ClH/c1-6(8)5-7-3-2-4-9-7;/h2-4,6H,5,8H2,1H3;1H. The van der Waals surface area contributed by atoms with Crippen molar-refractivity contribution < 1.29 is 0 Å². The van der Waals surface area contributed by atoms with Gasteiger partial charge in [-0.15, -0.1) is 23.7 Å². The molecule has 0 spiro atoms.